The van der Waals surface area contributed by atoms with Crippen LogP contribution in [0.3, 0.4) is 0 Å². The summed E-state index contributed by atoms with van der Waals surface area (Å²) in [4.78, 5) is 24.7. The first-order valence-corrected chi connectivity index (χ1v) is 8.99. The van der Waals surface area contributed by atoms with Gasteiger partial charge >= 0.3 is 0 Å². The van der Waals surface area contributed by atoms with E-state index in [4.69, 9.17) is 4.42 Å². The van der Waals surface area contributed by atoms with Crippen LogP contribution < -0.4 is 0 Å². The van der Waals surface area contributed by atoms with Crippen molar-refractivity contribution in [3.05, 3.63) is 24.2 Å². The highest BCUT2D eigenvalue weighted by atomic mass is 16.3. The predicted octanol–water partition coefficient (Wildman–Crippen LogP) is 3.56. The fourth-order valence-corrected chi connectivity index (χ4v) is 5.62. The summed E-state index contributed by atoms with van der Waals surface area (Å²) in [5, 5.41) is 11.7. The highest BCUT2D eigenvalue weighted by Gasteiger charge is 2.65. The summed E-state index contributed by atoms with van der Waals surface area (Å²) in [5.74, 6) is -0.346. The number of hydrogen-bond acceptors (Lipinski definition) is 4. The SMILES string of the molecule is C[C@@H]1CC(=O)[C@H]2[C@@](C)(C=O)CCC[C@]2(C)[C@@]1(O)CCc1ccoc1. The molecule has 24 heavy (non-hydrogen) atoms. The summed E-state index contributed by atoms with van der Waals surface area (Å²) < 4.78 is 5.13. The Morgan fingerprint density at radius 2 is 2.12 bits per heavy atom. The average Bonchev–Trinajstić information content (AvgIpc) is 3.04. The molecule has 2 saturated carbocycles. The molecule has 0 spiro atoms. The fourth-order valence-electron chi connectivity index (χ4n) is 5.62. The van der Waals surface area contributed by atoms with Gasteiger partial charge in [-0.2, -0.15) is 0 Å². The summed E-state index contributed by atoms with van der Waals surface area (Å²) in [7, 11) is 0. The third kappa shape index (κ3) is 2.38. The van der Waals surface area contributed by atoms with Gasteiger partial charge in [-0.15, -0.1) is 0 Å². The number of hydrogen-bond donors (Lipinski definition) is 1. The molecule has 4 nitrogen and oxygen atoms in total. The van der Waals surface area contributed by atoms with Gasteiger partial charge in [0.25, 0.3) is 0 Å². The molecular weight excluding hydrogens is 304 g/mol. The van der Waals surface area contributed by atoms with E-state index in [1.54, 1.807) is 12.5 Å². The van der Waals surface area contributed by atoms with Crippen molar-refractivity contribution in [2.45, 2.75) is 64.9 Å². The number of carbonyl (C=O) groups is 2. The van der Waals surface area contributed by atoms with Gasteiger partial charge in [0, 0.05) is 23.2 Å². The van der Waals surface area contributed by atoms with E-state index in [1.807, 2.05) is 26.8 Å². The van der Waals surface area contributed by atoms with Crippen LogP contribution >= 0.6 is 0 Å². The van der Waals surface area contributed by atoms with Crippen LogP contribution in [0.4, 0.5) is 0 Å². The molecule has 0 saturated heterocycles. The van der Waals surface area contributed by atoms with Gasteiger partial charge in [-0.3, -0.25) is 4.79 Å². The molecule has 0 radical (unpaired) electrons. The summed E-state index contributed by atoms with van der Waals surface area (Å²) in [6.45, 7) is 5.90. The highest BCUT2D eigenvalue weighted by molar-refractivity contribution is 5.88. The molecule has 1 aromatic rings. The monoisotopic (exact) mass is 332 g/mol. The first kappa shape index (κ1) is 17.4. The van der Waals surface area contributed by atoms with Crippen molar-refractivity contribution >= 4 is 12.1 Å². The zero-order valence-electron chi connectivity index (χ0n) is 14.9. The molecule has 5 atom stereocenters. The molecule has 2 aliphatic rings. The number of aldehydes is 1. The van der Waals surface area contributed by atoms with Gasteiger partial charge in [0.1, 0.15) is 12.1 Å². The molecule has 2 aliphatic carbocycles. The van der Waals surface area contributed by atoms with Crippen LogP contribution in [0.5, 0.6) is 0 Å². The second-order valence-corrected chi connectivity index (χ2v) is 8.46. The van der Waals surface area contributed by atoms with Crippen LogP contribution in [0.25, 0.3) is 0 Å². The summed E-state index contributed by atoms with van der Waals surface area (Å²) in [5.41, 5.74) is -1.11. The Morgan fingerprint density at radius 1 is 1.38 bits per heavy atom. The minimum Gasteiger partial charge on any atom is -0.472 e. The molecule has 2 fully saturated rings. The molecule has 0 bridgehead atoms. The van der Waals surface area contributed by atoms with Gasteiger partial charge in [0.2, 0.25) is 0 Å². The maximum absolute atomic E-state index is 12.9. The Labute approximate surface area is 143 Å². The Morgan fingerprint density at radius 3 is 2.75 bits per heavy atom. The van der Waals surface area contributed by atoms with Crippen LogP contribution in [-0.2, 0) is 16.0 Å². The van der Waals surface area contributed by atoms with Crippen LogP contribution in [0.1, 0.15) is 58.4 Å². The predicted molar refractivity (Wildman–Crippen MR) is 90.4 cm³/mol. The van der Waals surface area contributed by atoms with Crippen molar-refractivity contribution in [1.29, 1.82) is 0 Å². The lowest BCUT2D eigenvalue weighted by Gasteiger charge is -2.61. The third-order valence-electron chi connectivity index (χ3n) is 6.99. The Balaban J connectivity index is 1.97. The quantitative estimate of drug-likeness (QED) is 0.856. The van der Waals surface area contributed by atoms with Crippen LogP contribution in [0.2, 0.25) is 0 Å². The van der Waals surface area contributed by atoms with Gasteiger partial charge in [0.05, 0.1) is 18.1 Å². The maximum Gasteiger partial charge on any atom is 0.137 e. The Kier molecular flexibility index (Phi) is 4.23. The van der Waals surface area contributed by atoms with Crippen molar-refractivity contribution in [2.24, 2.45) is 22.7 Å². The second kappa shape index (κ2) is 5.83. The Bertz CT molecular complexity index is 622. The average molecular weight is 332 g/mol. The number of aliphatic hydroxyl groups is 1. The van der Waals surface area contributed by atoms with Crippen molar-refractivity contribution in [3.63, 3.8) is 0 Å². The second-order valence-electron chi connectivity index (χ2n) is 8.46. The van der Waals surface area contributed by atoms with E-state index >= 15 is 0 Å². The smallest absolute Gasteiger partial charge is 0.137 e. The minimum atomic E-state index is -0.951. The number of carbonyl (C=O) groups excluding carboxylic acids is 2. The molecule has 4 heteroatoms. The lowest BCUT2D eigenvalue weighted by molar-refractivity contribution is -0.208. The number of Topliss-reactive ketones (excluding diaryl/α,β-unsaturated/α-hetero) is 1. The van der Waals surface area contributed by atoms with E-state index in [0.29, 0.717) is 19.3 Å². The molecule has 0 aromatic carbocycles. The highest BCUT2D eigenvalue weighted by Crippen LogP contribution is 2.62. The zero-order chi connectivity index (χ0) is 17.6. The van der Waals surface area contributed by atoms with Crippen molar-refractivity contribution in [2.75, 3.05) is 0 Å². The van der Waals surface area contributed by atoms with Gasteiger partial charge in [0.15, 0.2) is 0 Å². The summed E-state index contributed by atoms with van der Waals surface area (Å²) in [6, 6.07) is 1.91. The molecule has 1 heterocycles. The summed E-state index contributed by atoms with van der Waals surface area (Å²) >= 11 is 0. The lowest BCUT2D eigenvalue weighted by atomic mass is 9.43. The molecule has 0 unspecified atom stereocenters. The van der Waals surface area contributed by atoms with E-state index in [0.717, 1.165) is 31.1 Å². The van der Waals surface area contributed by atoms with Crippen molar-refractivity contribution < 1.29 is 19.1 Å². The van der Waals surface area contributed by atoms with E-state index in [9.17, 15) is 14.7 Å². The van der Waals surface area contributed by atoms with E-state index in [1.165, 1.54) is 0 Å². The first-order chi connectivity index (χ1) is 11.3. The molecule has 1 N–H and O–H groups in total. The molecule has 132 valence electrons. The molecule has 3 rings (SSSR count). The largest absolute Gasteiger partial charge is 0.472 e. The van der Waals surface area contributed by atoms with Crippen LogP contribution in [-0.4, -0.2) is 22.8 Å². The number of aryl methyl sites for hydroxylation is 1. The van der Waals surface area contributed by atoms with Gasteiger partial charge < -0.3 is 14.3 Å². The molecular formula is C20H28O4. The minimum absolute atomic E-state index is 0.104. The van der Waals surface area contributed by atoms with E-state index < -0.39 is 16.4 Å². The first-order valence-electron chi connectivity index (χ1n) is 8.99. The zero-order valence-corrected chi connectivity index (χ0v) is 14.9. The molecule has 0 amide bonds. The maximum atomic E-state index is 12.9. The van der Waals surface area contributed by atoms with Gasteiger partial charge in [-0.25, -0.2) is 0 Å². The topological polar surface area (TPSA) is 67.5 Å². The number of rotatable bonds is 4. The third-order valence-corrected chi connectivity index (χ3v) is 6.99. The van der Waals surface area contributed by atoms with Crippen molar-refractivity contribution in [3.8, 4) is 0 Å². The number of ketones is 1. The Hall–Kier alpha value is -1.42. The molecule has 1 aromatic heterocycles. The molecule has 0 aliphatic heterocycles. The van der Waals surface area contributed by atoms with E-state index in [2.05, 4.69) is 0 Å². The fraction of sp³-hybridized carbons (Fsp3) is 0.700. The number of furan rings is 1. The van der Waals surface area contributed by atoms with Crippen molar-refractivity contribution in [1.82, 2.24) is 0 Å². The van der Waals surface area contributed by atoms with Crippen LogP contribution in [0.15, 0.2) is 23.0 Å². The van der Waals surface area contributed by atoms with E-state index in [-0.39, 0.29) is 17.6 Å². The van der Waals surface area contributed by atoms with Gasteiger partial charge in [-0.1, -0.05) is 27.2 Å². The van der Waals surface area contributed by atoms with Gasteiger partial charge in [-0.05, 0) is 43.2 Å². The number of fused-ring (bicyclic) bond motifs is 1. The van der Waals surface area contributed by atoms with Crippen LogP contribution in [0, 0.1) is 22.7 Å². The standard InChI is InChI=1S/C20H28O4/c1-14-11-16(22)17-18(2,13-21)7-4-8-19(17,3)20(14,23)9-5-15-6-10-24-12-15/h6,10,12-14,17,23H,4-5,7-9,11H2,1-3H3/t14-,17+,18-,19+,20-/m1/s1. The summed E-state index contributed by atoms with van der Waals surface area (Å²) in [6.07, 6.45) is 8.35. The normalized spacial score (nSPS) is 42.6. The lowest BCUT2D eigenvalue weighted by Crippen LogP contribution is -2.66.